The summed E-state index contributed by atoms with van der Waals surface area (Å²) in [5.74, 6) is 0.622. The van der Waals surface area contributed by atoms with E-state index in [-0.39, 0.29) is 5.43 Å². The van der Waals surface area contributed by atoms with Crippen molar-refractivity contribution in [1.82, 2.24) is 4.90 Å². The quantitative estimate of drug-likeness (QED) is 0.295. The molecule has 5 aromatic rings. The molecule has 3 aromatic carbocycles. The molecule has 2 saturated heterocycles. The third-order valence-corrected chi connectivity index (χ3v) is 9.22. The van der Waals surface area contributed by atoms with Crippen LogP contribution in [0.3, 0.4) is 0 Å². The fraction of sp³-hybridized carbons (Fsp3) is 0.323. The zero-order valence-electron chi connectivity index (χ0n) is 21.6. The number of benzene rings is 3. The second kappa shape index (κ2) is 9.73. The fourth-order valence-corrected chi connectivity index (χ4v) is 7.16. The van der Waals surface area contributed by atoms with E-state index in [1.807, 2.05) is 23.5 Å². The fourth-order valence-electron chi connectivity index (χ4n) is 5.91. The van der Waals surface area contributed by atoms with E-state index in [1.54, 1.807) is 6.07 Å². The Morgan fingerprint density at radius 1 is 0.816 bits per heavy atom. The van der Waals surface area contributed by atoms with Crippen molar-refractivity contribution in [2.24, 2.45) is 0 Å². The molecular weight excluding hydrogens is 494 g/mol. The van der Waals surface area contributed by atoms with Crippen molar-refractivity contribution in [1.29, 1.82) is 0 Å². The Balaban J connectivity index is 1.43. The van der Waals surface area contributed by atoms with Gasteiger partial charge in [-0.15, -0.1) is 11.3 Å². The van der Waals surface area contributed by atoms with Gasteiger partial charge in [-0.25, -0.2) is 0 Å². The highest BCUT2D eigenvalue weighted by Crippen LogP contribution is 2.46. The van der Waals surface area contributed by atoms with Gasteiger partial charge >= 0.3 is 0 Å². The number of hydrogen-bond donors (Lipinski definition) is 0. The number of hydrogen-bond acceptors (Lipinski definition) is 7. The van der Waals surface area contributed by atoms with Crippen LogP contribution in [-0.4, -0.2) is 63.9 Å². The Bertz CT molecular complexity index is 1690. The molecule has 0 bridgehead atoms. The van der Waals surface area contributed by atoms with Gasteiger partial charge < -0.3 is 23.9 Å². The third kappa shape index (κ3) is 3.97. The lowest BCUT2D eigenvalue weighted by atomic mass is 9.98. The van der Waals surface area contributed by atoms with E-state index in [1.165, 1.54) is 25.9 Å². The number of likely N-dealkylation sites (N-methyl/N-ethyl adjacent to an activating group) is 1. The van der Waals surface area contributed by atoms with Crippen LogP contribution in [0.25, 0.3) is 42.3 Å². The Morgan fingerprint density at radius 2 is 1.61 bits per heavy atom. The highest BCUT2D eigenvalue weighted by molar-refractivity contribution is 7.26. The molecule has 2 aromatic heterocycles. The molecule has 38 heavy (non-hydrogen) atoms. The summed E-state index contributed by atoms with van der Waals surface area (Å²) in [4.78, 5) is 20.4. The van der Waals surface area contributed by atoms with Crippen LogP contribution in [0.5, 0.6) is 0 Å². The smallest absolute Gasteiger partial charge is 0.200 e. The van der Waals surface area contributed by atoms with Gasteiger partial charge in [0.05, 0.1) is 18.6 Å². The minimum Gasteiger partial charge on any atom is -0.440 e. The molecule has 0 amide bonds. The van der Waals surface area contributed by atoms with E-state index in [4.69, 9.17) is 9.15 Å². The number of piperazine rings is 1. The van der Waals surface area contributed by atoms with Crippen LogP contribution < -0.4 is 15.2 Å². The van der Waals surface area contributed by atoms with Crippen molar-refractivity contribution in [3.8, 4) is 11.1 Å². The van der Waals surface area contributed by atoms with Crippen molar-refractivity contribution < 1.29 is 9.15 Å². The van der Waals surface area contributed by atoms with Crippen LogP contribution in [0.2, 0.25) is 0 Å². The molecule has 0 aliphatic carbocycles. The summed E-state index contributed by atoms with van der Waals surface area (Å²) >= 11 is 1.83. The second-order valence-electron chi connectivity index (χ2n) is 10.1. The number of morpholine rings is 1. The number of anilines is 2. The zero-order chi connectivity index (χ0) is 25.6. The van der Waals surface area contributed by atoms with Gasteiger partial charge in [0.25, 0.3) is 0 Å². The van der Waals surface area contributed by atoms with Gasteiger partial charge in [-0.2, -0.15) is 0 Å². The van der Waals surface area contributed by atoms with Gasteiger partial charge in [0.15, 0.2) is 11.3 Å². The first-order valence-corrected chi connectivity index (χ1v) is 14.3. The number of ether oxygens (including phenoxy) is 1. The van der Waals surface area contributed by atoms with Crippen LogP contribution in [0.4, 0.5) is 11.6 Å². The highest BCUT2D eigenvalue weighted by atomic mass is 32.1. The van der Waals surface area contributed by atoms with Gasteiger partial charge in [0.1, 0.15) is 5.58 Å². The first-order valence-electron chi connectivity index (χ1n) is 13.5. The van der Waals surface area contributed by atoms with Crippen LogP contribution in [0, 0.1) is 0 Å². The summed E-state index contributed by atoms with van der Waals surface area (Å²) in [6, 6.07) is 20.8. The molecule has 2 aliphatic rings. The molecule has 0 atom stereocenters. The molecule has 0 spiro atoms. The van der Waals surface area contributed by atoms with Crippen molar-refractivity contribution in [2.75, 3.05) is 68.8 Å². The molecule has 0 unspecified atom stereocenters. The number of thiophene rings is 1. The van der Waals surface area contributed by atoms with Crippen molar-refractivity contribution in [3.05, 3.63) is 70.9 Å². The molecule has 7 heteroatoms. The first kappa shape index (κ1) is 23.7. The summed E-state index contributed by atoms with van der Waals surface area (Å²) in [6.45, 7) is 10.3. The second-order valence-corrected chi connectivity index (χ2v) is 11.1. The average Bonchev–Trinajstić information content (AvgIpc) is 3.37. The maximum absolute atomic E-state index is 13.2. The molecule has 0 radical (unpaired) electrons. The summed E-state index contributed by atoms with van der Waals surface area (Å²) < 4.78 is 14.6. The van der Waals surface area contributed by atoms with Crippen molar-refractivity contribution >= 4 is 54.0 Å². The predicted molar refractivity (Wildman–Crippen MR) is 158 cm³/mol. The monoisotopic (exact) mass is 525 g/mol. The minimum atomic E-state index is -0.00686. The molecule has 2 fully saturated rings. The number of rotatable bonds is 4. The van der Waals surface area contributed by atoms with Crippen LogP contribution in [0.1, 0.15) is 6.92 Å². The van der Waals surface area contributed by atoms with E-state index in [9.17, 15) is 4.79 Å². The molecule has 4 heterocycles. The standard InChI is InChI=1S/C31H31N3O3S/c1-2-32-12-14-33(15-13-32)25-11-10-22(31-29(25)24-6-3-4-9-27(24)38-31)21-7-5-8-23-26(35)20-28(37-30(21)23)34-16-18-36-19-17-34/h3-11,20H,2,12-19H2,1H3. The molecule has 6 nitrogen and oxygen atoms in total. The third-order valence-electron chi connectivity index (χ3n) is 8.02. The van der Waals surface area contributed by atoms with E-state index in [0.29, 0.717) is 30.1 Å². The molecular formula is C31H31N3O3S. The Morgan fingerprint density at radius 3 is 2.42 bits per heavy atom. The molecule has 194 valence electrons. The maximum atomic E-state index is 13.2. The molecule has 7 rings (SSSR count). The van der Waals surface area contributed by atoms with E-state index in [0.717, 1.165) is 56.9 Å². The lowest BCUT2D eigenvalue weighted by molar-refractivity contribution is 0.121. The lowest BCUT2D eigenvalue weighted by Gasteiger charge is -2.36. The van der Waals surface area contributed by atoms with Gasteiger partial charge in [0.2, 0.25) is 0 Å². The normalized spacial score (nSPS) is 17.2. The van der Waals surface area contributed by atoms with Gasteiger partial charge in [-0.3, -0.25) is 4.79 Å². The highest BCUT2D eigenvalue weighted by Gasteiger charge is 2.23. The van der Waals surface area contributed by atoms with Gasteiger partial charge in [-0.1, -0.05) is 43.3 Å². The molecule has 2 aliphatic heterocycles. The summed E-state index contributed by atoms with van der Waals surface area (Å²) in [6.07, 6.45) is 0. The number of nitrogens with zero attached hydrogens (tertiary/aromatic N) is 3. The maximum Gasteiger partial charge on any atom is 0.200 e. The predicted octanol–water partition coefficient (Wildman–Crippen LogP) is 5.81. The Labute approximate surface area is 225 Å². The molecule has 0 saturated carbocycles. The van der Waals surface area contributed by atoms with Gasteiger partial charge in [-0.05, 0) is 24.7 Å². The van der Waals surface area contributed by atoms with Crippen molar-refractivity contribution in [3.63, 3.8) is 0 Å². The number of fused-ring (bicyclic) bond motifs is 4. The SMILES string of the molecule is CCN1CCN(c2ccc(-c3cccc4c(=O)cc(N5CCOCC5)oc34)c3sc4ccccc4c23)CC1. The molecule has 0 N–H and O–H groups in total. The van der Waals surface area contributed by atoms with Crippen LogP contribution >= 0.6 is 11.3 Å². The lowest BCUT2D eigenvalue weighted by Crippen LogP contribution is -2.46. The minimum absolute atomic E-state index is 0.00686. The average molecular weight is 526 g/mol. The zero-order valence-corrected chi connectivity index (χ0v) is 22.4. The first-order chi connectivity index (χ1) is 18.7. The van der Waals surface area contributed by atoms with E-state index < -0.39 is 0 Å². The summed E-state index contributed by atoms with van der Waals surface area (Å²) in [5.41, 5.74) is 4.03. The van der Waals surface area contributed by atoms with Crippen LogP contribution in [0.15, 0.2) is 69.9 Å². The van der Waals surface area contributed by atoms with Gasteiger partial charge in [0, 0.05) is 82.3 Å². The Hall–Kier alpha value is -3.39. The summed E-state index contributed by atoms with van der Waals surface area (Å²) in [5, 5.41) is 3.21. The topological polar surface area (TPSA) is 49.2 Å². The van der Waals surface area contributed by atoms with E-state index in [2.05, 4.69) is 64.1 Å². The van der Waals surface area contributed by atoms with E-state index >= 15 is 0 Å². The van der Waals surface area contributed by atoms with Crippen molar-refractivity contribution in [2.45, 2.75) is 6.92 Å². The van der Waals surface area contributed by atoms with Crippen LogP contribution in [-0.2, 0) is 4.74 Å². The summed E-state index contributed by atoms with van der Waals surface area (Å²) in [7, 11) is 0. The Kier molecular flexibility index (Phi) is 6.07. The largest absolute Gasteiger partial charge is 0.440 e. The number of para-hydroxylation sites is 1.